The molecule has 0 aliphatic carbocycles. The molecular formula is C13H17N3O3S. The molecule has 2 rings (SSSR count). The second-order valence-corrected chi connectivity index (χ2v) is 6.21. The van der Waals surface area contributed by atoms with Crippen LogP contribution in [0, 0.1) is 6.92 Å². The maximum absolute atomic E-state index is 12.2. The molecule has 108 valence electrons. The number of nitrogens with one attached hydrogen (secondary N) is 1. The summed E-state index contributed by atoms with van der Waals surface area (Å²) in [5, 5.41) is 3.63. The Bertz CT molecular complexity index is 694. The molecule has 20 heavy (non-hydrogen) atoms. The molecule has 1 aromatic carbocycles. The van der Waals surface area contributed by atoms with E-state index in [0.717, 1.165) is 12.0 Å². The van der Waals surface area contributed by atoms with Gasteiger partial charge in [-0.15, -0.1) is 0 Å². The largest absolute Gasteiger partial charge is 0.338 e. The molecule has 0 radical (unpaired) electrons. The first-order chi connectivity index (χ1) is 9.42. The predicted molar refractivity (Wildman–Crippen MR) is 75.7 cm³/mol. The second-order valence-electron chi connectivity index (χ2n) is 4.53. The summed E-state index contributed by atoms with van der Waals surface area (Å²) in [6, 6.07) is 7.89. The Morgan fingerprint density at radius 1 is 1.40 bits per heavy atom. The topological polar surface area (TPSA) is 98.2 Å². The zero-order valence-corrected chi connectivity index (χ0v) is 12.1. The van der Waals surface area contributed by atoms with Crippen LogP contribution in [0.5, 0.6) is 0 Å². The van der Waals surface area contributed by atoms with Crippen molar-refractivity contribution in [1.82, 2.24) is 5.16 Å². The summed E-state index contributed by atoms with van der Waals surface area (Å²) in [6.45, 7) is 3.66. The summed E-state index contributed by atoms with van der Waals surface area (Å²) in [5.74, 6) is 0.0905. The molecule has 1 aromatic heterocycles. The average Bonchev–Trinajstić information content (AvgIpc) is 2.82. The number of aryl methyl sites for hydroxylation is 1. The standard InChI is InChI=1S/C13H17N3O3S/c1-3-12(14)10-5-4-6-11(8-10)20(17,18)16-13-7-9(2)15-19-13/h4-8,12,16H,3,14H2,1-2H3. The van der Waals surface area contributed by atoms with Crippen molar-refractivity contribution >= 4 is 15.9 Å². The first kappa shape index (κ1) is 14.5. The maximum atomic E-state index is 12.2. The van der Waals surface area contributed by atoms with Crippen molar-refractivity contribution < 1.29 is 12.9 Å². The minimum atomic E-state index is -3.70. The van der Waals surface area contributed by atoms with E-state index in [1.54, 1.807) is 19.1 Å². The number of aromatic nitrogens is 1. The minimum Gasteiger partial charge on any atom is -0.338 e. The molecular weight excluding hydrogens is 278 g/mol. The van der Waals surface area contributed by atoms with Crippen molar-refractivity contribution in [3.63, 3.8) is 0 Å². The van der Waals surface area contributed by atoms with Crippen LogP contribution < -0.4 is 10.5 Å². The monoisotopic (exact) mass is 295 g/mol. The summed E-state index contributed by atoms with van der Waals surface area (Å²) in [5.41, 5.74) is 7.30. The van der Waals surface area contributed by atoms with Crippen LogP contribution in [0.15, 0.2) is 39.8 Å². The van der Waals surface area contributed by atoms with Gasteiger partial charge in [0.15, 0.2) is 0 Å². The fraction of sp³-hybridized carbons (Fsp3) is 0.308. The van der Waals surface area contributed by atoms with Crippen LogP contribution >= 0.6 is 0 Å². The molecule has 0 amide bonds. The molecule has 3 N–H and O–H groups in total. The normalized spacial score (nSPS) is 13.2. The molecule has 1 atom stereocenters. The third-order valence-corrected chi connectivity index (χ3v) is 4.24. The number of sulfonamides is 1. The van der Waals surface area contributed by atoms with E-state index in [-0.39, 0.29) is 16.8 Å². The summed E-state index contributed by atoms with van der Waals surface area (Å²) in [6.07, 6.45) is 0.734. The molecule has 0 aliphatic rings. The minimum absolute atomic E-state index is 0.0905. The number of rotatable bonds is 5. The van der Waals surface area contributed by atoms with Gasteiger partial charge in [-0.2, -0.15) is 0 Å². The number of benzene rings is 1. The number of anilines is 1. The zero-order valence-electron chi connectivity index (χ0n) is 11.3. The van der Waals surface area contributed by atoms with Crippen LogP contribution in [0.3, 0.4) is 0 Å². The highest BCUT2D eigenvalue weighted by molar-refractivity contribution is 7.92. The van der Waals surface area contributed by atoms with Gasteiger partial charge in [-0.05, 0) is 31.0 Å². The van der Waals surface area contributed by atoms with E-state index in [1.807, 2.05) is 13.0 Å². The highest BCUT2D eigenvalue weighted by atomic mass is 32.2. The summed E-state index contributed by atoms with van der Waals surface area (Å²) in [4.78, 5) is 0.146. The highest BCUT2D eigenvalue weighted by Crippen LogP contribution is 2.21. The second kappa shape index (κ2) is 5.64. The van der Waals surface area contributed by atoms with Crippen molar-refractivity contribution in [3.05, 3.63) is 41.6 Å². The molecule has 1 heterocycles. The Labute approximate surface area is 118 Å². The summed E-state index contributed by atoms with van der Waals surface area (Å²) < 4.78 is 31.7. The van der Waals surface area contributed by atoms with E-state index in [4.69, 9.17) is 10.3 Å². The molecule has 0 bridgehead atoms. The van der Waals surface area contributed by atoms with Crippen LogP contribution in [0.25, 0.3) is 0 Å². The van der Waals surface area contributed by atoms with Gasteiger partial charge in [0.25, 0.3) is 10.0 Å². The Kier molecular flexibility index (Phi) is 4.10. The molecule has 7 heteroatoms. The van der Waals surface area contributed by atoms with Crippen molar-refractivity contribution in [1.29, 1.82) is 0 Å². The Balaban J connectivity index is 2.29. The first-order valence-corrected chi connectivity index (χ1v) is 7.72. The van der Waals surface area contributed by atoms with Crippen molar-refractivity contribution in [2.24, 2.45) is 5.73 Å². The molecule has 6 nitrogen and oxygen atoms in total. The van der Waals surface area contributed by atoms with E-state index in [2.05, 4.69) is 9.88 Å². The van der Waals surface area contributed by atoms with Crippen LogP contribution in [-0.4, -0.2) is 13.6 Å². The van der Waals surface area contributed by atoms with Gasteiger partial charge in [0.2, 0.25) is 5.88 Å². The quantitative estimate of drug-likeness (QED) is 0.881. The smallest absolute Gasteiger partial charge is 0.264 e. The molecule has 0 fully saturated rings. The molecule has 0 aliphatic heterocycles. The molecule has 0 saturated carbocycles. The number of hydrogen-bond donors (Lipinski definition) is 2. The average molecular weight is 295 g/mol. The lowest BCUT2D eigenvalue weighted by Gasteiger charge is -2.11. The molecule has 2 aromatic rings. The summed E-state index contributed by atoms with van der Waals surface area (Å²) >= 11 is 0. The lowest BCUT2D eigenvalue weighted by molar-refractivity contribution is 0.430. The van der Waals surface area contributed by atoms with Crippen molar-refractivity contribution in [3.8, 4) is 0 Å². The van der Waals surface area contributed by atoms with Gasteiger partial charge in [0.1, 0.15) is 0 Å². The third-order valence-electron chi connectivity index (χ3n) is 2.90. The lowest BCUT2D eigenvalue weighted by atomic mass is 10.1. The predicted octanol–water partition coefficient (Wildman–Crippen LogP) is 2.19. The Morgan fingerprint density at radius 3 is 2.75 bits per heavy atom. The summed E-state index contributed by atoms with van der Waals surface area (Å²) in [7, 11) is -3.70. The van der Waals surface area contributed by atoms with Gasteiger partial charge >= 0.3 is 0 Å². The van der Waals surface area contributed by atoms with Gasteiger partial charge in [0, 0.05) is 12.1 Å². The SMILES string of the molecule is CCC(N)c1cccc(S(=O)(=O)Nc2cc(C)no2)c1. The van der Waals surface area contributed by atoms with E-state index in [9.17, 15) is 8.42 Å². The molecule has 1 unspecified atom stereocenters. The Morgan fingerprint density at radius 2 is 2.15 bits per heavy atom. The first-order valence-electron chi connectivity index (χ1n) is 6.24. The fourth-order valence-electron chi connectivity index (χ4n) is 1.75. The van der Waals surface area contributed by atoms with Crippen LogP contribution in [0.4, 0.5) is 5.88 Å². The lowest BCUT2D eigenvalue weighted by Crippen LogP contribution is -2.14. The molecule has 0 saturated heterocycles. The van der Waals surface area contributed by atoms with Gasteiger partial charge in [-0.1, -0.05) is 24.2 Å². The number of nitrogens with two attached hydrogens (primary N) is 1. The maximum Gasteiger partial charge on any atom is 0.264 e. The zero-order chi connectivity index (χ0) is 14.8. The van der Waals surface area contributed by atoms with Gasteiger partial charge < -0.3 is 10.3 Å². The van der Waals surface area contributed by atoms with E-state index in [0.29, 0.717) is 5.69 Å². The third kappa shape index (κ3) is 3.17. The highest BCUT2D eigenvalue weighted by Gasteiger charge is 2.17. The van der Waals surface area contributed by atoms with E-state index in [1.165, 1.54) is 12.1 Å². The molecule has 0 spiro atoms. The van der Waals surface area contributed by atoms with Gasteiger partial charge in [0.05, 0.1) is 10.6 Å². The number of hydrogen-bond acceptors (Lipinski definition) is 5. The number of nitrogens with zero attached hydrogens (tertiary/aromatic N) is 1. The van der Waals surface area contributed by atoms with Gasteiger partial charge in [-0.25, -0.2) is 13.1 Å². The van der Waals surface area contributed by atoms with Crippen molar-refractivity contribution in [2.45, 2.75) is 31.2 Å². The van der Waals surface area contributed by atoms with Crippen LogP contribution in [0.2, 0.25) is 0 Å². The Hall–Kier alpha value is -1.86. The van der Waals surface area contributed by atoms with E-state index < -0.39 is 10.0 Å². The van der Waals surface area contributed by atoms with Crippen LogP contribution in [0.1, 0.15) is 30.6 Å². The van der Waals surface area contributed by atoms with Crippen molar-refractivity contribution in [2.75, 3.05) is 4.72 Å². The van der Waals surface area contributed by atoms with Gasteiger partial charge in [-0.3, -0.25) is 0 Å². The fourth-order valence-corrected chi connectivity index (χ4v) is 2.78. The van der Waals surface area contributed by atoms with E-state index >= 15 is 0 Å². The van der Waals surface area contributed by atoms with Crippen LogP contribution in [-0.2, 0) is 10.0 Å².